The molecule has 2 amide bonds. The Morgan fingerprint density at radius 2 is 2.13 bits per heavy atom. The SMILES string of the molecule is CC(C)CC(CCO)CNC(=O)C1CC(=O)Nc2ccccc21. The number of fused-ring (bicyclic) bond motifs is 1. The summed E-state index contributed by atoms with van der Waals surface area (Å²) in [6.45, 7) is 4.93. The number of aliphatic hydroxyl groups is 1. The molecule has 0 aliphatic carbocycles. The van der Waals surface area contributed by atoms with Gasteiger partial charge in [-0.2, -0.15) is 0 Å². The highest BCUT2D eigenvalue weighted by molar-refractivity contribution is 6.01. The van der Waals surface area contributed by atoms with Crippen LogP contribution in [-0.4, -0.2) is 30.1 Å². The predicted octanol–water partition coefficient (Wildman–Crippen LogP) is 2.27. The molecule has 0 saturated carbocycles. The molecule has 0 spiro atoms. The fourth-order valence-electron chi connectivity index (χ4n) is 3.17. The molecule has 1 heterocycles. The van der Waals surface area contributed by atoms with Crippen molar-refractivity contribution in [2.24, 2.45) is 11.8 Å². The summed E-state index contributed by atoms with van der Waals surface area (Å²) in [6, 6.07) is 7.43. The summed E-state index contributed by atoms with van der Waals surface area (Å²) in [7, 11) is 0. The topological polar surface area (TPSA) is 78.4 Å². The van der Waals surface area contributed by atoms with Crippen LogP contribution in [0.5, 0.6) is 0 Å². The van der Waals surface area contributed by atoms with Crippen molar-refractivity contribution in [1.29, 1.82) is 0 Å². The Labute approximate surface area is 137 Å². The van der Waals surface area contributed by atoms with Crippen LogP contribution in [0.4, 0.5) is 5.69 Å². The molecule has 1 aromatic rings. The molecule has 2 rings (SSSR count). The highest BCUT2D eigenvalue weighted by atomic mass is 16.3. The van der Waals surface area contributed by atoms with Crippen LogP contribution in [-0.2, 0) is 9.59 Å². The van der Waals surface area contributed by atoms with E-state index in [1.165, 1.54) is 0 Å². The van der Waals surface area contributed by atoms with Gasteiger partial charge in [0.25, 0.3) is 0 Å². The third-order valence-corrected chi connectivity index (χ3v) is 4.22. The molecule has 2 atom stereocenters. The van der Waals surface area contributed by atoms with E-state index < -0.39 is 5.92 Å². The van der Waals surface area contributed by atoms with Crippen LogP contribution in [0.1, 0.15) is 44.6 Å². The Morgan fingerprint density at radius 1 is 1.39 bits per heavy atom. The highest BCUT2D eigenvalue weighted by Crippen LogP contribution is 2.32. The first-order valence-electron chi connectivity index (χ1n) is 8.28. The molecule has 0 fully saturated rings. The number of benzene rings is 1. The van der Waals surface area contributed by atoms with Crippen molar-refractivity contribution in [2.75, 3.05) is 18.5 Å². The van der Waals surface area contributed by atoms with Crippen molar-refractivity contribution in [1.82, 2.24) is 5.32 Å². The normalized spacial score (nSPS) is 18.3. The van der Waals surface area contributed by atoms with Gasteiger partial charge in [0.15, 0.2) is 0 Å². The average molecular weight is 318 g/mol. The van der Waals surface area contributed by atoms with E-state index in [-0.39, 0.29) is 30.8 Å². The summed E-state index contributed by atoms with van der Waals surface area (Å²) >= 11 is 0. The fraction of sp³-hybridized carbons (Fsp3) is 0.556. The van der Waals surface area contributed by atoms with E-state index in [4.69, 9.17) is 5.11 Å². The van der Waals surface area contributed by atoms with Gasteiger partial charge in [0.1, 0.15) is 0 Å². The molecule has 126 valence electrons. The molecule has 1 aliphatic rings. The van der Waals surface area contributed by atoms with Crippen LogP contribution in [0.25, 0.3) is 0 Å². The molecule has 0 saturated heterocycles. The number of para-hydroxylation sites is 1. The summed E-state index contributed by atoms with van der Waals surface area (Å²) in [6.07, 6.45) is 1.82. The number of hydrogen-bond donors (Lipinski definition) is 3. The van der Waals surface area contributed by atoms with Crippen molar-refractivity contribution >= 4 is 17.5 Å². The Bertz CT molecular complexity index is 557. The van der Waals surface area contributed by atoms with Crippen LogP contribution in [0.15, 0.2) is 24.3 Å². The highest BCUT2D eigenvalue weighted by Gasteiger charge is 2.30. The van der Waals surface area contributed by atoms with Gasteiger partial charge in [0, 0.05) is 25.3 Å². The van der Waals surface area contributed by atoms with Gasteiger partial charge in [-0.1, -0.05) is 32.0 Å². The molecular weight excluding hydrogens is 292 g/mol. The third kappa shape index (κ3) is 4.79. The van der Waals surface area contributed by atoms with Gasteiger partial charge in [-0.15, -0.1) is 0 Å². The first-order valence-corrected chi connectivity index (χ1v) is 8.28. The molecular formula is C18H26N2O3. The van der Waals surface area contributed by atoms with Crippen molar-refractivity contribution in [3.8, 4) is 0 Å². The van der Waals surface area contributed by atoms with E-state index >= 15 is 0 Å². The summed E-state index contributed by atoms with van der Waals surface area (Å²) in [5.41, 5.74) is 1.59. The minimum atomic E-state index is -0.436. The van der Waals surface area contributed by atoms with Crippen molar-refractivity contribution in [3.05, 3.63) is 29.8 Å². The van der Waals surface area contributed by atoms with Gasteiger partial charge < -0.3 is 15.7 Å². The molecule has 0 radical (unpaired) electrons. The molecule has 23 heavy (non-hydrogen) atoms. The Morgan fingerprint density at radius 3 is 2.83 bits per heavy atom. The van der Waals surface area contributed by atoms with Gasteiger partial charge in [0.05, 0.1) is 5.92 Å². The number of amides is 2. The van der Waals surface area contributed by atoms with Crippen LogP contribution >= 0.6 is 0 Å². The fourth-order valence-corrected chi connectivity index (χ4v) is 3.17. The number of hydrogen-bond acceptors (Lipinski definition) is 3. The van der Waals surface area contributed by atoms with Gasteiger partial charge in [-0.25, -0.2) is 0 Å². The van der Waals surface area contributed by atoms with Crippen molar-refractivity contribution in [3.63, 3.8) is 0 Å². The van der Waals surface area contributed by atoms with Gasteiger partial charge >= 0.3 is 0 Å². The number of rotatable bonds is 7. The molecule has 0 bridgehead atoms. The lowest BCUT2D eigenvalue weighted by Crippen LogP contribution is -2.37. The van der Waals surface area contributed by atoms with E-state index in [9.17, 15) is 9.59 Å². The van der Waals surface area contributed by atoms with Crippen LogP contribution in [0.2, 0.25) is 0 Å². The van der Waals surface area contributed by atoms with Gasteiger partial charge in [-0.05, 0) is 36.3 Å². The maximum absolute atomic E-state index is 12.5. The smallest absolute Gasteiger partial charge is 0.228 e. The number of anilines is 1. The summed E-state index contributed by atoms with van der Waals surface area (Å²) < 4.78 is 0. The number of carbonyl (C=O) groups excluding carboxylic acids is 2. The zero-order valence-corrected chi connectivity index (χ0v) is 13.8. The second-order valence-electron chi connectivity index (χ2n) is 6.65. The Balaban J connectivity index is 2.01. The van der Waals surface area contributed by atoms with E-state index in [1.54, 1.807) is 0 Å². The summed E-state index contributed by atoms with van der Waals surface area (Å²) in [5.74, 6) is 0.104. The number of nitrogens with one attached hydrogen (secondary N) is 2. The first kappa shape index (κ1) is 17.5. The largest absolute Gasteiger partial charge is 0.396 e. The third-order valence-electron chi connectivity index (χ3n) is 4.22. The van der Waals surface area contributed by atoms with Gasteiger partial charge in [-0.3, -0.25) is 9.59 Å². The second-order valence-corrected chi connectivity index (χ2v) is 6.65. The first-order chi connectivity index (χ1) is 11.0. The standard InChI is InChI=1S/C18H26N2O3/c1-12(2)9-13(7-8-21)11-19-18(23)15-10-17(22)20-16-6-4-3-5-14(15)16/h3-6,12-13,15,21H,7-11H2,1-2H3,(H,19,23)(H,20,22). The van der Waals surface area contributed by atoms with E-state index in [0.717, 1.165) is 17.7 Å². The van der Waals surface area contributed by atoms with Crippen LogP contribution in [0.3, 0.4) is 0 Å². The lowest BCUT2D eigenvalue weighted by atomic mass is 9.89. The van der Waals surface area contributed by atoms with E-state index in [2.05, 4.69) is 24.5 Å². The summed E-state index contributed by atoms with van der Waals surface area (Å²) in [5, 5.41) is 14.9. The van der Waals surface area contributed by atoms with E-state index in [1.807, 2.05) is 24.3 Å². The lowest BCUT2D eigenvalue weighted by Gasteiger charge is -2.26. The molecule has 5 nitrogen and oxygen atoms in total. The molecule has 1 aromatic carbocycles. The van der Waals surface area contributed by atoms with Crippen molar-refractivity contribution < 1.29 is 14.7 Å². The molecule has 2 unspecified atom stereocenters. The number of aliphatic hydroxyl groups excluding tert-OH is 1. The monoisotopic (exact) mass is 318 g/mol. The minimum absolute atomic E-state index is 0.112. The maximum Gasteiger partial charge on any atom is 0.228 e. The van der Waals surface area contributed by atoms with E-state index in [0.29, 0.717) is 18.9 Å². The van der Waals surface area contributed by atoms with Gasteiger partial charge in [0.2, 0.25) is 11.8 Å². The molecule has 0 aromatic heterocycles. The van der Waals surface area contributed by atoms with Crippen LogP contribution in [0, 0.1) is 11.8 Å². The van der Waals surface area contributed by atoms with Crippen LogP contribution < -0.4 is 10.6 Å². The Kier molecular flexibility index (Phi) is 6.16. The average Bonchev–Trinajstić information content (AvgIpc) is 2.51. The van der Waals surface area contributed by atoms with Crippen molar-refractivity contribution in [2.45, 2.75) is 39.0 Å². The minimum Gasteiger partial charge on any atom is -0.396 e. The quantitative estimate of drug-likeness (QED) is 0.721. The maximum atomic E-state index is 12.5. The predicted molar refractivity (Wildman–Crippen MR) is 90.1 cm³/mol. The summed E-state index contributed by atoms with van der Waals surface area (Å²) in [4.78, 5) is 24.3. The Hall–Kier alpha value is -1.88. The molecule has 3 N–H and O–H groups in total. The zero-order chi connectivity index (χ0) is 16.8. The molecule has 5 heteroatoms. The zero-order valence-electron chi connectivity index (χ0n) is 13.8. The lowest BCUT2D eigenvalue weighted by molar-refractivity contribution is -0.126. The number of carbonyl (C=O) groups is 2. The molecule has 1 aliphatic heterocycles. The second kappa shape index (κ2) is 8.11.